The van der Waals surface area contributed by atoms with E-state index in [0.29, 0.717) is 11.2 Å². The highest BCUT2D eigenvalue weighted by atomic mass is 32.2. The maximum Gasteiger partial charge on any atom is 0.223 e. The van der Waals surface area contributed by atoms with Crippen LogP contribution in [-0.2, 0) is 0 Å². The Morgan fingerprint density at radius 2 is 2.14 bits per heavy atom. The van der Waals surface area contributed by atoms with Crippen LogP contribution in [0.2, 0.25) is 0 Å². The minimum atomic E-state index is 0.346. The van der Waals surface area contributed by atoms with Crippen LogP contribution in [0.3, 0.4) is 0 Å². The van der Waals surface area contributed by atoms with Gasteiger partial charge in [0.2, 0.25) is 5.95 Å². The molecule has 1 fully saturated rings. The first-order valence-corrected chi connectivity index (χ1v) is 5.90. The van der Waals surface area contributed by atoms with Crippen molar-refractivity contribution in [2.75, 3.05) is 11.5 Å². The normalized spacial score (nSPS) is 22.2. The molecule has 0 bridgehead atoms. The van der Waals surface area contributed by atoms with E-state index in [1.165, 1.54) is 18.6 Å². The number of thioether (sulfide) groups is 1. The Morgan fingerprint density at radius 1 is 1.29 bits per heavy atom. The number of aromatic nitrogens is 3. The van der Waals surface area contributed by atoms with Gasteiger partial charge in [0.15, 0.2) is 0 Å². The molecule has 2 rings (SSSR count). The van der Waals surface area contributed by atoms with Gasteiger partial charge >= 0.3 is 0 Å². The zero-order chi connectivity index (χ0) is 9.97. The van der Waals surface area contributed by atoms with E-state index in [4.69, 9.17) is 5.73 Å². The van der Waals surface area contributed by atoms with Gasteiger partial charge in [-0.3, -0.25) is 0 Å². The van der Waals surface area contributed by atoms with Gasteiger partial charge in [0, 0.05) is 0 Å². The van der Waals surface area contributed by atoms with Crippen molar-refractivity contribution in [2.45, 2.75) is 31.4 Å². The molecule has 4 nitrogen and oxygen atoms in total. The fourth-order valence-corrected chi connectivity index (χ4v) is 2.86. The molecule has 1 aromatic rings. The number of anilines is 1. The minimum Gasteiger partial charge on any atom is -0.368 e. The van der Waals surface area contributed by atoms with Crippen molar-refractivity contribution in [1.29, 1.82) is 0 Å². The molecule has 1 saturated heterocycles. The maximum atomic E-state index is 5.59. The summed E-state index contributed by atoms with van der Waals surface area (Å²) >= 11 is 1.93. The molecule has 76 valence electrons. The second kappa shape index (κ2) is 4.13. The SMILES string of the molecule is Cc1nc(N)nc(C2CCCCS2)n1. The van der Waals surface area contributed by atoms with E-state index in [1.807, 2.05) is 18.7 Å². The highest BCUT2D eigenvalue weighted by molar-refractivity contribution is 7.99. The third kappa shape index (κ3) is 2.15. The smallest absolute Gasteiger partial charge is 0.223 e. The van der Waals surface area contributed by atoms with Crippen LogP contribution >= 0.6 is 11.8 Å². The molecular formula is C9H14N4S. The summed E-state index contributed by atoms with van der Waals surface area (Å²) in [4.78, 5) is 12.5. The van der Waals surface area contributed by atoms with E-state index in [0.717, 1.165) is 18.1 Å². The average Bonchev–Trinajstić information content (AvgIpc) is 2.18. The molecule has 1 aromatic heterocycles. The molecule has 1 aliphatic rings. The zero-order valence-corrected chi connectivity index (χ0v) is 9.05. The molecule has 0 spiro atoms. The van der Waals surface area contributed by atoms with Crippen molar-refractivity contribution in [3.05, 3.63) is 11.6 Å². The van der Waals surface area contributed by atoms with E-state index in [-0.39, 0.29) is 0 Å². The Bertz CT molecular complexity index is 302. The average molecular weight is 210 g/mol. The fourth-order valence-electron chi connectivity index (χ4n) is 1.61. The highest BCUT2D eigenvalue weighted by Crippen LogP contribution is 2.36. The van der Waals surface area contributed by atoms with E-state index >= 15 is 0 Å². The second-order valence-corrected chi connectivity index (χ2v) is 4.76. The van der Waals surface area contributed by atoms with E-state index in [2.05, 4.69) is 15.0 Å². The van der Waals surface area contributed by atoms with Gasteiger partial charge in [-0.2, -0.15) is 21.7 Å². The number of hydrogen-bond acceptors (Lipinski definition) is 5. The van der Waals surface area contributed by atoms with Gasteiger partial charge in [-0.25, -0.2) is 4.98 Å². The van der Waals surface area contributed by atoms with Gasteiger partial charge in [-0.1, -0.05) is 6.42 Å². The Morgan fingerprint density at radius 3 is 2.79 bits per heavy atom. The predicted octanol–water partition coefficient (Wildman–Crippen LogP) is 1.72. The lowest BCUT2D eigenvalue weighted by Crippen LogP contribution is -2.10. The molecule has 5 heteroatoms. The van der Waals surface area contributed by atoms with Gasteiger partial charge in [-0.05, 0) is 25.5 Å². The third-order valence-electron chi connectivity index (χ3n) is 2.25. The Hall–Kier alpha value is -0.840. The first-order chi connectivity index (χ1) is 6.75. The summed E-state index contributed by atoms with van der Waals surface area (Å²) < 4.78 is 0. The molecule has 0 amide bonds. The molecule has 1 aliphatic heterocycles. The lowest BCUT2D eigenvalue weighted by molar-refractivity contribution is 0.657. The molecule has 0 aromatic carbocycles. The van der Waals surface area contributed by atoms with Gasteiger partial charge in [0.25, 0.3) is 0 Å². The first kappa shape index (κ1) is 9.71. The van der Waals surface area contributed by atoms with Crippen LogP contribution in [0, 0.1) is 6.92 Å². The summed E-state index contributed by atoms with van der Waals surface area (Å²) in [5.41, 5.74) is 5.59. The minimum absolute atomic E-state index is 0.346. The summed E-state index contributed by atoms with van der Waals surface area (Å²) in [6.45, 7) is 1.86. The van der Waals surface area contributed by atoms with Crippen LogP contribution in [0.5, 0.6) is 0 Å². The summed E-state index contributed by atoms with van der Waals surface area (Å²) in [5, 5.41) is 0.424. The molecule has 0 radical (unpaired) electrons. The van der Waals surface area contributed by atoms with E-state index < -0.39 is 0 Å². The lowest BCUT2D eigenvalue weighted by atomic mass is 10.2. The number of nitrogen functional groups attached to an aromatic ring is 1. The van der Waals surface area contributed by atoms with Crippen molar-refractivity contribution in [3.63, 3.8) is 0 Å². The van der Waals surface area contributed by atoms with Gasteiger partial charge in [-0.15, -0.1) is 0 Å². The molecule has 1 atom stereocenters. The quantitative estimate of drug-likeness (QED) is 0.764. The molecule has 0 saturated carbocycles. The first-order valence-electron chi connectivity index (χ1n) is 4.85. The summed E-state index contributed by atoms with van der Waals surface area (Å²) in [6.07, 6.45) is 3.73. The third-order valence-corrected chi connectivity index (χ3v) is 3.62. The largest absolute Gasteiger partial charge is 0.368 e. The molecular weight excluding hydrogens is 196 g/mol. The van der Waals surface area contributed by atoms with Crippen molar-refractivity contribution < 1.29 is 0 Å². The highest BCUT2D eigenvalue weighted by Gasteiger charge is 2.19. The summed E-state index contributed by atoms with van der Waals surface area (Å²) in [5.74, 6) is 3.13. The molecule has 14 heavy (non-hydrogen) atoms. The number of rotatable bonds is 1. The molecule has 1 unspecified atom stereocenters. The summed E-state index contributed by atoms with van der Waals surface area (Å²) in [7, 11) is 0. The van der Waals surface area contributed by atoms with Gasteiger partial charge in [0.05, 0.1) is 5.25 Å². The van der Waals surface area contributed by atoms with Crippen LogP contribution in [0.4, 0.5) is 5.95 Å². The Kier molecular flexibility index (Phi) is 2.86. The topological polar surface area (TPSA) is 64.7 Å². The van der Waals surface area contributed by atoms with Crippen LogP contribution in [0.25, 0.3) is 0 Å². The van der Waals surface area contributed by atoms with Crippen LogP contribution in [-0.4, -0.2) is 20.7 Å². The summed E-state index contributed by atoms with van der Waals surface area (Å²) in [6, 6.07) is 0. The molecule has 2 N–H and O–H groups in total. The number of hydrogen-bond donors (Lipinski definition) is 1. The number of aryl methyl sites for hydroxylation is 1. The van der Waals surface area contributed by atoms with Crippen LogP contribution in [0.15, 0.2) is 0 Å². The fraction of sp³-hybridized carbons (Fsp3) is 0.667. The van der Waals surface area contributed by atoms with Crippen molar-refractivity contribution >= 4 is 17.7 Å². The zero-order valence-electron chi connectivity index (χ0n) is 8.23. The van der Waals surface area contributed by atoms with E-state index in [9.17, 15) is 0 Å². The number of nitrogens with two attached hydrogens (primary N) is 1. The number of nitrogens with zero attached hydrogens (tertiary/aromatic N) is 3. The Balaban J connectivity index is 2.21. The Labute approximate surface area is 87.7 Å². The van der Waals surface area contributed by atoms with Gasteiger partial charge in [0.1, 0.15) is 11.6 Å². The van der Waals surface area contributed by atoms with Crippen molar-refractivity contribution in [1.82, 2.24) is 15.0 Å². The predicted molar refractivity (Wildman–Crippen MR) is 58.0 cm³/mol. The molecule has 2 heterocycles. The second-order valence-electron chi connectivity index (χ2n) is 3.45. The lowest BCUT2D eigenvalue weighted by Gasteiger charge is -2.19. The van der Waals surface area contributed by atoms with Crippen molar-refractivity contribution in [3.8, 4) is 0 Å². The maximum absolute atomic E-state index is 5.59. The standard InChI is InChI=1S/C9H14N4S/c1-6-11-8(13-9(10)12-6)7-4-2-3-5-14-7/h7H,2-5H2,1H3,(H2,10,11,12,13). The van der Waals surface area contributed by atoms with Crippen molar-refractivity contribution in [2.24, 2.45) is 0 Å². The molecule has 0 aliphatic carbocycles. The van der Waals surface area contributed by atoms with Crippen LogP contribution in [0.1, 0.15) is 36.2 Å². The van der Waals surface area contributed by atoms with Crippen LogP contribution < -0.4 is 5.73 Å². The monoisotopic (exact) mass is 210 g/mol. The van der Waals surface area contributed by atoms with Gasteiger partial charge < -0.3 is 5.73 Å². The van der Waals surface area contributed by atoms with E-state index in [1.54, 1.807) is 0 Å².